The molecule has 4 heteroatoms. The van der Waals surface area contributed by atoms with E-state index in [-0.39, 0.29) is 17.9 Å². The minimum Gasteiger partial charge on any atom is -0.326 e. The van der Waals surface area contributed by atoms with Gasteiger partial charge in [0.2, 0.25) is 0 Å². The maximum absolute atomic E-state index is 13.7. The number of nitrogens with two attached hydrogens (primary N) is 1. The van der Waals surface area contributed by atoms with Crippen molar-refractivity contribution >= 4 is 15.9 Å². The van der Waals surface area contributed by atoms with Gasteiger partial charge in [0.1, 0.15) is 5.82 Å². The fourth-order valence-electron chi connectivity index (χ4n) is 1.95. The summed E-state index contributed by atoms with van der Waals surface area (Å²) in [6.07, 6.45) is 1.63. The second-order valence-electron chi connectivity index (χ2n) is 3.93. The Labute approximate surface area is 97.2 Å². The third kappa shape index (κ3) is 2.38. The average Bonchev–Trinajstić information content (AvgIpc) is 2.60. The summed E-state index contributed by atoms with van der Waals surface area (Å²) < 4.78 is 14.2. The van der Waals surface area contributed by atoms with E-state index < -0.39 is 0 Å². The molecule has 82 valence electrons. The van der Waals surface area contributed by atoms with Crippen LogP contribution >= 0.6 is 15.9 Å². The van der Waals surface area contributed by atoms with E-state index in [9.17, 15) is 4.39 Å². The largest absolute Gasteiger partial charge is 0.326 e. The van der Waals surface area contributed by atoms with Gasteiger partial charge in [-0.1, -0.05) is 12.1 Å². The lowest BCUT2D eigenvalue weighted by Gasteiger charge is -2.16. The van der Waals surface area contributed by atoms with Crippen molar-refractivity contribution in [1.82, 2.24) is 5.32 Å². The highest BCUT2D eigenvalue weighted by Crippen LogP contribution is 2.21. The van der Waals surface area contributed by atoms with E-state index >= 15 is 0 Å². The van der Waals surface area contributed by atoms with E-state index in [2.05, 4.69) is 21.2 Å². The summed E-state index contributed by atoms with van der Waals surface area (Å²) in [5.41, 5.74) is 6.64. The van der Waals surface area contributed by atoms with Crippen molar-refractivity contribution in [1.29, 1.82) is 0 Å². The fourth-order valence-corrected chi connectivity index (χ4v) is 2.36. The Kier molecular flexibility index (Phi) is 3.38. The van der Waals surface area contributed by atoms with Gasteiger partial charge in [0.15, 0.2) is 0 Å². The molecule has 3 N–H and O–H groups in total. The summed E-state index contributed by atoms with van der Waals surface area (Å²) in [5.74, 6) is -0.168. The van der Waals surface area contributed by atoms with Crippen molar-refractivity contribution in [3.63, 3.8) is 0 Å². The molecule has 1 aromatic carbocycles. The van der Waals surface area contributed by atoms with Gasteiger partial charge in [-0.15, -0.1) is 0 Å². The highest BCUT2D eigenvalue weighted by Gasteiger charge is 2.24. The van der Waals surface area contributed by atoms with Gasteiger partial charge in [0.25, 0.3) is 0 Å². The van der Waals surface area contributed by atoms with Crippen LogP contribution in [0.3, 0.4) is 0 Å². The third-order valence-electron chi connectivity index (χ3n) is 2.87. The molecule has 1 unspecified atom stereocenters. The van der Waals surface area contributed by atoms with Crippen LogP contribution in [0.4, 0.5) is 4.39 Å². The molecule has 0 radical (unpaired) electrons. The summed E-state index contributed by atoms with van der Waals surface area (Å²) in [4.78, 5) is 0. The van der Waals surface area contributed by atoms with Crippen LogP contribution < -0.4 is 11.1 Å². The summed E-state index contributed by atoms with van der Waals surface area (Å²) in [6.45, 7) is 0.932. The van der Waals surface area contributed by atoms with Gasteiger partial charge in [-0.05, 0) is 46.9 Å². The summed E-state index contributed by atoms with van der Waals surface area (Å²) in [7, 11) is 0. The van der Waals surface area contributed by atoms with Crippen LogP contribution in [-0.2, 0) is 6.42 Å². The summed E-state index contributed by atoms with van der Waals surface area (Å²) >= 11 is 3.18. The maximum atomic E-state index is 13.7. The Morgan fingerprint density at radius 3 is 3.00 bits per heavy atom. The molecule has 1 aromatic rings. The number of benzene rings is 1. The quantitative estimate of drug-likeness (QED) is 0.862. The Balaban J connectivity index is 2.13. The lowest BCUT2D eigenvalue weighted by molar-refractivity contribution is 0.518. The molecule has 2 nitrogen and oxygen atoms in total. The molecule has 0 spiro atoms. The average molecular weight is 273 g/mol. The van der Waals surface area contributed by atoms with Gasteiger partial charge in [-0.25, -0.2) is 4.39 Å². The van der Waals surface area contributed by atoms with Gasteiger partial charge >= 0.3 is 0 Å². The maximum Gasteiger partial charge on any atom is 0.140 e. The van der Waals surface area contributed by atoms with Gasteiger partial charge in [0, 0.05) is 12.1 Å². The molecular formula is C11H14BrFN2. The molecule has 1 aliphatic heterocycles. The Bertz CT molecular complexity index is 356. The minimum atomic E-state index is -0.168. The first-order chi connectivity index (χ1) is 7.18. The second-order valence-corrected chi connectivity index (χ2v) is 4.78. The molecule has 2 rings (SSSR count). The molecule has 0 aliphatic carbocycles. The van der Waals surface area contributed by atoms with Crippen molar-refractivity contribution in [2.24, 2.45) is 5.73 Å². The van der Waals surface area contributed by atoms with Crippen LogP contribution in [-0.4, -0.2) is 18.6 Å². The molecule has 0 saturated carbocycles. The van der Waals surface area contributed by atoms with Gasteiger partial charge in [-0.3, -0.25) is 0 Å². The van der Waals surface area contributed by atoms with Crippen molar-refractivity contribution in [3.8, 4) is 0 Å². The first kappa shape index (κ1) is 11.0. The summed E-state index contributed by atoms with van der Waals surface area (Å²) in [5, 5.41) is 3.29. The van der Waals surface area contributed by atoms with Crippen LogP contribution in [0.5, 0.6) is 0 Å². The molecule has 1 fully saturated rings. The van der Waals surface area contributed by atoms with Crippen molar-refractivity contribution in [2.45, 2.75) is 24.9 Å². The SMILES string of the molecule is NC1CCN[C@H]1Cc1cccc(Br)c1F. The molecular weight excluding hydrogens is 259 g/mol. The van der Waals surface area contributed by atoms with Gasteiger partial charge < -0.3 is 11.1 Å². The summed E-state index contributed by atoms with van der Waals surface area (Å²) in [6, 6.07) is 5.72. The number of hydrogen-bond donors (Lipinski definition) is 2. The smallest absolute Gasteiger partial charge is 0.140 e. The van der Waals surface area contributed by atoms with Crippen molar-refractivity contribution in [3.05, 3.63) is 34.1 Å². The standard InChI is InChI=1S/C11H14BrFN2/c12-8-3-1-2-7(11(8)13)6-10-9(14)4-5-15-10/h1-3,9-10,15H,4-6,14H2/t9?,10-/m0/s1. The zero-order chi connectivity index (χ0) is 10.8. The number of hydrogen-bond acceptors (Lipinski definition) is 2. The lowest BCUT2D eigenvalue weighted by Crippen LogP contribution is -2.38. The van der Waals surface area contributed by atoms with E-state index in [0.717, 1.165) is 18.5 Å². The minimum absolute atomic E-state index is 0.142. The van der Waals surface area contributed by atoms with Crippen LogP contribution in [0.25, 0.3) is 0 Å². The first-order valence-electron chi connectivity index (χ1n) is 5.10. The van der Waals surface area contributed by atoms with Gasteiger partial charge in [-0.2, -0.15) is 0 Å². The van der Waals surface area contributed by atoms with E-state index in [1.165, 1.54) is 0 Å². The normalized spacial score (nSPS) is 25.8. The fraction of sp³-hybridized carbons (Fsp3) is 0.455. The Morgan fingerprint density at radius 1 is 1.53 bits per heavy atom. The molecule has 1 saturated heterocycles. The molecule has 1 heterocycles. The van der Waals surface area contributed by atoms with Gasteiger partial charge in [0.05, 0.1) is 4.47 Å². The van der Waals surface area contributed by atoms with Crippen LogP contribution in [0.1, 0.15) is 12.0 Å². The number of halogens is 2. The predicted molar refractivity (Wildman–Crippen MR) is 62.2 cm³/mol. The first-order valence-corrected chi connectivity index (χ1v) is 5.89. The van der Waals surface area contributed by atoms with Crippen molar-refractivity contribution in [2.75, 3.05) is 6.54 Å². The lowest BCUT2D eigenvalue weighted by atomic mass is 10.0. The molecule has 1 aliphatic rings. The van der Waals surface area contributed by atoms with E-state index in [4.69, 9.17) is 5.73 Å². The van der Waals surface area contributed by atoms with Crippen LogP contribution in [0.15, 0.2) is 22.7 Å². The highest BCUT2D eigenvalue weighted by atomic mass is 79.9. The zero-order valence-corrected chi connectivity index (χ0v) is 9.93. The van der Waals surface area contributed by atoms with Crippen LogP contribution in [0, 0.1) is 5.82 Å². The van der Waals surface area contributed by atoms with Crippen LogP contribution in [0.2, 0.25) is 0 Å². The highest BCUT2D eigenvalue weighted by molar-refractivity contribution is 9.10. The second kappa shape index (κ2) is 4.60. The molecule has 0 bridgehead atoms. The third-order valence-corrected chi connectivity index (χ3v) is 3.48. The number of nitrogens with one attached hydrogen (secondary N) is 1. The monoisotopic (exact) mass is 272 g/mol. The molecule has 2 atom stereocenters. The number of rotatable bonds is 2. The zero-order valence-electron chi connectivity index (χ0n) is 8.34. The molecule has 0 amide bonds. The van der Waals surface area contributed by atoms with E-state index in [0.29, 0.717) is 10.9 Å². The van der Waals surface area contributed by atoms with E-state index in [1.54, 1.807) is 6.07 Å². The van der Waals surface area contributed by atoms with Crippen molar-refractivity contribution < 1.29 is 4.39 Å². The topological polar surface area (TPSA) is 38.0 Å². The van der Waals surface area contributed by atoms with E-state index in [1.807, 2.05) is 12.1 Å². The Hall–Kier alpha value is -0.450. The molecule has 15 heavy (non-hydrogen) atoms. The Morgan fingerprint density at radius 2 is 2.33 bits per heavy atom. The molecule has 0 aromatic heterocycles. The predicted octanol–water partition coefficient (Wildman–Crippen LogP) is 1.82.